The first kappa shape index (κ1) is 32.1. The molecule has 0 bridgehead atoms. The van der Waals surface area contributed by atoms with E-state index in [4.69, 9.17) is 9.57 Å². The summed E-state index contributed by atoms with van der Waals surface area (Å²) in [4.78, 5) is 56.5. The molecule has 1 aromatic carbocycles. The van der Waals surface area contributed by atoms with Gasteiger partial charge in [0.25, 0.3) is 5.91 Å². The number of benzene rings is 1. The summed E-state index contributed by atoms with van der Waals surface area (Å²) in [7, 11) is 0. The van der Waals surface area contributed by atoms with Gasteiger partial charge in [0.2, 0.25) is 5.91 Å². The van der Waals surface area contributed by atoms with E-state index in [0.29, 0.717) is 86.8 Å². The van der Waals surface area contributed by atoms with E-state index < -0.39 is 0 Å². The highest BCUT2D eigenvalue weighted by Gasteiger charge is 2.35. The van der Waals surface area contributed by atoms with Crippen molar-refractivity contribution in [2.45, 2.75) is 37.6 Å². The molecule has 2 fully saturated rings. The van der Waals surface area contributed by atoms with Gasteiger partial charge in [-0.3, -0.25) is 29.7 Å². The first-order valence-electron chi connectivity index (χ1n) is 15.3. The van der Waals surface area contributed by atoms with Crippen LogP contribution in [0, 0.1) is 0 Å². The summed E-state index contributed by atoms with van der Waals surface area (Å²) >= 11 is 1.71. The van der Waals surface area contributed by atoms with E-state index in [2.05, 4.69) is 20.4 Å². The average Bonchev–Trinajstić information content (AvgIpc) is 3.59. The number of aromatic nitrogens is 2. The number of oxime groups is 1. The predicted molar refractivity (Wildman–Crippen MR) is 172 cm³/mol. The van der Waals surface area contributed by atoms with Crippen molar-refractivity contribution >= 4 is 35.3 Å². The maximum Gasteiger partial charge on any atom is 0.305 e. The second-order valence-corrected chi connectivity index (χ2v) is 11.8. The number of piperazine rings is 1. The topological polar surface area (TPSA) is 126 Å². The largest absolute Gasteiger partial charge is 0.466 e. The summed E-state index contributed by atoms with van der Waals surface area (Å²) in [5.74, 6) is 0.398. The summed E-state index contributed by atoms with van der Waals surface area (Å²) < 4.78 is 4.97. The Balaban J connectivity index is 1.21. The summed E-state index contributed by atoms with van der Waals surface area (Å²) in [6, 6.07) is 14.6. The van der Waals surface area contributed by atoms with Gasteiger partial charge in [0.05, 0.1) is 18.0 Å². The van der Waals surface area contributed by atoms with Crippen LogP contribution in [-0.2, 0) is 19.2 Å². The van der Waals surface area contributed by atoms with E-state index >= 15 is 0 Å². The fourth-order valence-corrected chi connectivity index (χ4v) is 6.49. The summed E-state index contributed by atoms with van der Waals surface area (Å²) in [6.07, 6.45) is 8.51. The Morgan fingerprint density at radius 1 is 0.933 bits per heavy atom. The van der Waals surface area contributed by atoms with E-state index in [1.165, 1.54) is 0 Å². The Labute approximate surface area is 267 Å². The molecule has 3 aromatic rings. The van der Waals surface area contributed by atoms with E-state index in [-0.39, 0.29) is 29.2 Å². The molecular formula is C33H38N6O5S. The molecule has 2 aromatic heterocycles. The zero-order chi connectivity index (χ0) is 31.4. The van der Waals surface area contributed by atoms with Gasteiger partial charge in [0.15, 0.2) is 0 Å². The van der Waals surface area contributed by atoms with Gasteiger partial charge in [-0.1, -0.05) is 29.4 Å². The molecule has 0 spiro atoms. The van der Waals surface area contributed by atoms with Crippen molar-refractivity contribution in [3.05, 3.63) is 95.6 Å². The number of hydrogen-bond donors (Lipinski definition) is 1. The van der Waals surface area contributed by atoms with Crippen molar-refractivity contribution in [2.75, 3.05) is 45.1 Å². The van der Waals surface area contributed by atoms with Gasteiger partial charge in [-0.2, -0.15) is 0 Å². The number of carbonyl (C=O) groups excluding carboxylic acids is 3. The number of esters is 1. The van der Waals surface area contributed by atoms with Crippen LogP contribution in [0.25, 0.3) is 0 Å². The van der Waals surface area contributed by atoms with Crippen LogP contribution >= 0.6 is 11.8 Å². The lowest BCUT2D eigenvalue weighted by Gasteiger charge is -2.36. The fourth-order valence-electron chi connectivity index (χ4n) is 5.27. The van der Waals surface area contributed by atoms with Gasteiger partial charge in [-0.25, -0.2) is 0 Å². The third-order valence-electron chi connectivity index (χ3n) is 7.62. The fraction of sp³-hybridized carbons (Fsp3) is 0.394. The first-order valence-corrected chi connectivity index (χ1v) is 16.3. The molecule has 45 heavy (non-hydrogen) atoms. The predicted octanol–water partition coefficient (Wildman–Crippen LogP) is 3.67. The molecule has 0 radical (unpaired) electrons. The summed E-state index contributed by atoms with van der Waals surface area (Å²) in [5.41, 5.74) is 3.40. The molecule has 2 amide bonds. The van der Waals surface area contributed by atoms with E-state index in [0.717, 1.165) is 5.56 Å². The maximum absolute atomic E-state index is 13.9. The van der Waals surface area contributed by atoms with Crippen LogP contribution in [0.3, 0.4) is 0 Å². The van der Waals surface area contributed by atoms with Crippen molar-refractivity contribution in [1.29, 1.82) is 0 Å². The van der Waals surface area contributed by atoms with Crippen LogP contribution in [0.15, 0.2) is 78.5 Å². The van der Waals surface area contributed by atoms with Crippen LogP contribution in [0.1, 0.15) is 58.6 Å². The quantitative estimate of drug-likeness (QED) is 0.138. The maximum atomic E-state index is 13.9. The Hall–Kier alpha value is -4.29. The van der Waals surface area contributed by atoms with Crippen LogP contribution in [-0.4, -0.2) is 94.5 Å². The molecule has 0 saturated carbocycles. The van der Waals surface area contributed by atoms with E-state index in [1.54, 1.807) is 48.2 Å². The van der Waals surface area contributed by atoms with Gasteiger partial charge >= 0.3 is 5.97 Å². The third-order valence-corrected chi connectivity index (χ3v) is 8.89. The molecule has 5 rings (SSSR count). The lowest BCUT2D eigenvalue weighted by Crippen LogP contribution is -2.54. The minimum Gasteiger partial charge on any atom is -0.466 e. The van der Waals surface area contributed by atoms with Crippen molar-refractivity contribution in [2.24, 2.45) is 5.16 Å². The molecular weight excluding hydrogens is 592 g/mol. The SMILES string of the molecule is CCOC(=O)CCCCO/N=C(/c1cccnc1)c1ccccc1C(=O)N1CCN(C(=O)C2CSC(c3cccnc3)N2)CC1. The highest BCUT2D eigenvalue weighted by molar-refractivity contribution is 7.99. The number of nitrogens with zero attached hydrogens (tertiary/aromatic N) is 5. The number of unbranched alkanes of at least 4 members (excludes halogenated alkanes) is 1. The number of thioether (sulfide) groups is 1. The van der Waals surface area contributed by atoms with Crippen LogP contribution in [0.4, 0.5) is 0 Å². The third kappa shape index (κ3) is 8.46. The normalized spacial score (nSPS) is 18.5. The number of rotatable bonds is 12. The zero-order valence-electron chi connectivity index (χ0n) is 25.3. The zero-order valence-corrected chi connectivity index (χ0v) is 26.2. The standard InChI is InChI=1S/C33H38N6O5S/c1-2-43-29(40)13-5-6-20-44-37-30(24-9-7-14-34-21-24)26-11-3-4-12-27(26)32(41)38-16-18-39(19-17-38)33(42)28-23-45-31(36-28)25-10-8-15-35-22-25/h3-4,7-12,14-15,21-22,28,31,36H,2,5-6,13,16-20,23H2,1H3/b37-30-. The Kier molecular flexibility index (Phi) is 11.5. The number of amides is 2. The number of nitrogens with one attached hydrogen (secondary N) is 1. The van der Waals surface area contributed by atoms with Gasteiger partial charge in [0.1, 0.15) is 12.3 Å². The van der Waals surface area contributed by atoms with Crippen LogP contribution in [0.2, 0.25) is 0 Å². The minimum absolute atomic E-state index is 0.0382. The smallest absolute Gasteiger partial charge is 0.305 e. The highest BCUT2D eigenvalue weighted by Crippen LogP contribution is 2.33. The molecule has 11 nitrogen and oxygen atoms in total. The van der Waals surface area contributed by atoms with Gasteiger partial charge in [-0.15, -0.1) is 11.8 Å². The number of hydrogen-bond acceptors (Lipinski definition) is 10. The second-order valence-electron chi connectivity index (χ2n) is 10.7. The van der Waals surface area contributed by atoms with Crippen LogP contribution < -0.4 is 5.32 Å². The molecule has 4 heterocycles. The summed E-state index contributed by atoms with van der Waals surface area (Å²) in [5, 5.41) is 7.91. The van der Waals surface area contributed by atoms with Crippen molar-refractivity contribution in [1.82, 2.24) is 25.1 Å². The Morgan fingerprint density at radius 2 is 1.67 bits per heavy atom. The number of ether oxygens (including phenoxy) is 1. The van der Waals surface area contributed by atoms with Crippen molar-refractivity contribution in [3.8, 4) is 0 Å². The molecule has 2 saturated heterocycles. The molecule has 0 aliphatic carbocycles. The molecule has 12 heteroatoms. The van der Waals surface area contributed by atoms with E-state index in [9.17, 15) is 14.4 Å². The second kappa shape index (κ2) is 16.1. The Morgan fingerprint density at radius 3 is 2.38 bits per heavy atom. The van der Waals surface area contributed by atoms with Crippen molar-refractivity contribution in [3.63, 3.8) is 0 Å². The highest BCUT2D eigenvalue weighted by atomic mass is 32.2. The van der Waals surface area contributed by atoms with Gasteiger partial charge in [-0.05, 0) is 49.6 Å². The molecule has 1 N–H and O–H groups in total. The van der Waals surface area contributed by atoms with Gasteiger partial charge in [0, 0.05) is 79.8 Å². The number of pyridine rings is 2. The number of carbonyl (C=O) groups is 3. The van der Waals surface area contributed by atoms with Gasteiger partial charge < -0.3 is 19.4 Å². The van der Waals surface area contributed by atoms with E-state index in [1.807, 2.05) is 53.6 Å². The minimum atomic E-state index is -0.272. The Bertz CT molecular complexity index is 1470. The molecule has 2 aliphatic rings. The molecule has 2 unspecified atom stereocenters. The molecule has 2 aliphatic heterocycles. The first-order chi connectivity index (χ1) is 22.0. The monoisotopic (exact) mass is 630 g/mol. The molecule has 236 valence electrons. The molecule has 2 atom stereocenters. The van der Waals surface area contributed by atoms with Crippen LogP contribution in [0.5, 0.6) is 0 Å². The average molecular weight is 631 g/mol. The summed E-state index contributed by atoms with van der Waals surface area (Å²) in [6.45, 7) is 4.25. The lowest BCUT2D eigenvalue weighted by atomic mass is 9.97. The lowest BCUT2D eigenvalue weighted by molar-refractivity contribution is -0.143. The van der Waals surface area contributed by atoms with Crippen molar-refractivity contribution < 1.29 is 24.0 Å².